The lowest BCUT2D eigenvalue weighted by Crippen LogP contribution is -2.40. The smallest absolute Gasteiger partial charge is 0.361 e. The van der Waals surface area contributed by atoms with Crippen LogP contribution in [-0.4, -0.2) is 87.4 Å². The minimum Gasteiger partial charge on any atom is -0.477 e. The molecule has 0 aliphatic carbocycles. The molecular formula is C82H144NO8+. The van der Waals surface area contributed by atoms with E-state index in [9.17, 15) is 19.5 Å². The van der Waals surface area contributed by atoms with E-state index in [1.54, 1.807) is 0 Å². The first-order valence-corrected chi connectivity index (χ1v) is 38.1. The lowest BCUT2D eigenvalue weighted by Gasteiger charge is -2.25. The van der Waals surface area contributed by atoms with Crippen LogP contribution in [0.3, 0.4) is 0 Å². The number of carboxylic acids is 1. The molecule has 0 spiro atoms. The Hall–Kier alpha value is -4.05. The highest BCUT2D eigenvalue weighted by atomic mass is 16.7. The first kappa shape index (κ1) is 87.0. The topological polar surface area (TPSA) is 108 Å². The Balaban J connectivity index is 4.05. The van der Waals surface area contributed by atoms with Crippen molar-refractivity contribution >= 4 is 17.9 Å². The fraction of sp³-hybridized carbons (Fsp3) is 0.744. The number of unbranched alkanes of at least 4 members (excludes halogenated alkanes) is 37. The fourth-order valence-corrected chi connectivity index (χ4v) is 10.7. The van der Waals surface area contributed by atoms with Crippen molar-refractivity contribution in [2.45, 2.75) is 347 Å². The number of allylic oxidation sites excluding steroid dienone is 18. The first-order valence-electron chi connectivity index (χ1n) is 38.1. The molecule has 0 aromatic rings. The molecule has 9 heteroatoms. The van der Waals surface area contributed by atoms with Gasteiger partial charge in [-0.2, -0.15) is 0 Å². The molecule has 0 radical (unpaired) electrons. The monoisotopic (exact) mass is 1270 g/mol. The number of carbonyl (C=O) groups excluding carboxylic acids is 2. The number of likely N-dealkylation sites (N-methyl/N-ethyl adjacent to an activating group) is 1. The molecule has 1 N–H and O–H groups in total. The van der Waals surface area contributed by atoms with Gasteiger partial charge in [-0.05, 0) is 103 Å². The van der Waals surface area contributed by atoms with E-state index >= 15 is 0 Å². The van der Waals surface area contributed by atoms with E-state index in [4.69, 9.17) is 18.9 Å². The molecule has 524 valence electrons. The average Bonchev–Trinajstić information content (AvgIpc) is 3.66. The lowest BCUT2D eigenvalue weighted by molar-refractivity contribution is -0.870. The van der Waals surface area contributed by atoms with Crippen LogP contribution in [0.2, 0.25) is 0 Å². The van der Waals surface area contributed by atoms with Crippen LogP contribution in [0.4, 0.5) is 0 Å². The molecule has 0 heterocycles. The zero-order chi connectivity index (χ0) is 66.1. The van der Waals surface area contributed by atoms with E-state index in [1.165, 1.54) is 205 Å². The third-order valence-corrected chi connectivity index (χ3v) is 16.5. The standard InChI is InChI=1S/C82H143NO8/c1-6-8-10-12-14-16-18-20-22-24-26-28-30-32-34-36-37-38-39-40-41-42-43-45-46-48-50-52-54-56-58-60-62-64-66-68-70-72-79(84)89-76-78(77-90-82(81(86)87)88-75-74-83(3,4)5)91-80(85)73-71-69-67-65-63-61-59-57-55-53-51-49-47-44-35-33-31-29-27-25-23-21-19-17-15-13-11-9-7-2/h9,11,15,17-18,20-21,23-24,26-27,29-30,32-33,35,47,49,78,82H,6-8,10,12-14,16,19,22,25,28,31,34,36-46,48,50-77H2,1-5H3/p+1/b11-9-,17-15-,20-18-,23-21-,26-24-,29-27-,32-30-,35-33-,49-47-. The van der Waals surface area contributed by atoms with E-state index < -0.39 is 24.3 Å². The highest BCUT2D eigenvalue weighted by molar-refractivity contribution is 5.71. The van der Waals surface area contributed by atoms with Crippen molar-refractivity contribution in [3.8, 4) is 0 Å². The molecule has 0 bridgehead atoms. The third kappa shape index (κ3) is 73.2. The van der Waals surface area contributed by atoms with Gasteiger partial charge in [-0.1, -0.05) is 329 Å². The molecule has 0 saturated carbocycles. The van der Waals surface area contributed by atoms with Gasteiger partial charge in [0.15, 0.2) is 6.10 Å². The Labute approximate surface area is 562 Å². The molecule has 91 heavy (non-hydrogen) atoms. The number of aliphatic carboxylic acids is 1. The molecule has 2 atom stereocenters. The van der Waals surface area contributed by atoms with E-state index in [1.807, 2.05) is 21.1 Å². The Kier molecular flexibility index (Phi) is 68.6. The minimum atomic E-state index is -1.52. The summed E-state index contributed by atoms with van der Waals surface area (Å²) in [4.78, 5) is 37.7. The van der Waals surface area contributed by atoms with E-state index in [0.29, 0.717) is 23.9 Å². The summed E-state index contributed by atoms with van der Waals surface area (Å²) in [6.07, 6.45) is 97.9. The Morgan fingerprint density at radius 3 is 0.934 bits per heavy atom. The second kappa shape index (κ2) is 71.8. The molecule has 0 aliphatic rings. The highest BCUT2D eigenvalue weighted by Gasteiger charge is 2.25. The maximum atomic E-state index is 13.0. The molecule has 0 aromatic heterocycles. The van der Waals surface area contributed by atoms with Gasteiger partial charge in [-0.25, -0.2) is 4.79 Å². The Bertz CT molecular complexity index is 1870. The number of hydrogen-bond donors (Lipinski definition) is 1. The molecule has 0 aromatic carbocycles. The summed E-state index contributed by atoms with van der Waals surface area (Å²) in [7, 11) is 5.98. The van der Waals surface area contributed by atoms with Crippen LogP contribution >= 0.6 is 0 Å². The van der Waals surface area contributed by atoms with Gasteiger partial charge in [0.25, 0.3) is 6.29 Å². The maximum Gasteiger partial charge on any atom is 0.361 e. The summed E-state index contributed by atoms with van der Waals surface area (Å²) < 4.78 is 23.0. The van der Waals surface area contributed by atoms with Crippen LogP contribution in [0.5, 0.6) is 0 Å². The van der Waals surface area contributed by atoms with Crippen LogP contribution in [0.1, 0.15) is 335 Å². The van der Waals surface area contributed by atoms with Crippen LogP contribution in [0.25, 0.3) is 0 Å². The van der Waals surface area contributed by atoms with Gasteiger partial charge in [0, 0.05) is 12.8 Å². The van der Waals surface area contributed by atoms with Gasteiger partial charge in [0.2, 0.25) is 0 Å². The molecule has 0 fully saturated rings. The molecule has 0 rings (SSSR count). The second-order valence-electron chi connectivity index (χ2n) is 26.6. The number of esters is 2. The molecule has 9 nitrogen and oxygen atoms in total. The van der Waals surface area contributed by atoms with Gasteiger partial charge in [0.05, 0.1) is 34.4 Å². The van der Waals surface area contributed by atoms with Gasteiger partial charge in [0.1, 0.15) is 13.2 Å². The van der Waals surface area contributed by atoms with Crippen molar-refractivity contribution in [1.29, 1.82) is 0 Å². The van der Waals surface area contributed by atoms with E-state index in [2.05, 4.69) is 123 Å². The van der Waals surface area contributed by atoms with Crippen LogP contribution in [0.15, 0.2) is 109 Å². The van der Waals surface area contributed by atoms with Crippen molar-refractivity contribution in [2.75, 3.05) is 47.5 Å². The fourth-order valence-electron chi connectivity index (χ4n) is 10.7. The lowest BCUT2D eigenvalue weighted by atomic mass is 10.0. The largest absolute Gasteiger partial charge is 0.477 e. The van der Waals surface area contributed by atoms with Crippen molar-refractivity contribution < 1.29 is 42.9 Å². The van der Waals surface area contributed by atoms with Crippen molar-refractivity contribution in [1.82, 2.24) is 0 Å². The molecular weight excluding hydrogens is 1130 g/mol. The van der Waals surface area contributed by atoms with Crippen molar-refractivity contribution in [3.05, 3.63) is 109 Å². The maximum absolute atomic E-state index is 13.0. The van der Waals surface area contributed by atoms with Gasteiger partial charge >= 0.3 is 17.9 Å². The summed E-state index contributed by atoms with van der Waals surface area (Å²) in [5.74, 6) is -2.00. The first-order chi connectivity index (χ1) is 44.6. The normalized spacial score (nSPS) is 13.3. The van der Waals surface area contributed by atoms with Gasteiger partial charge in [-0.15, -0.1) is 0 Å². The summed E-state index contributed by atoms with van der Waals surface area (Å²) in [6, 6.07) is 0. The quantitative estimate of drug-likeness (QED) is 0.0211. The number of carbonyl (C=O) groups is 3. The third-order valence-electron chi connectivity index (χ3n) is 16.5. The number of carboxylic acid groups (broad SMARTS) is 1. The Morgan fingerprint density at radius 1 is 0.341 bits per heavy atom. The zero-order valence-corrected chi connectivity index (χ0v) is 60.0. The number of nitrogens with zero attached hydrogens (tertiary/aromatic N) is 1. The number of hydrogen-bond acceptors (Lipinski definition) is 7. The minimum absolute atomic E-state index is 0.184. The van der Waals surface area contributed by atoms with Crippen LogP contribution in [-0.2, 0) is 33.3 Å². The van der Waals surface area contributed by atoms with Gasteiger partial charge in [-0.3, -0.25) is 9.59 Å². The summed E-state index contributed by atoms with van der Waals surface area (Å²) in [6.45, 7) is 4.78. The number of quaternary nitrogens is 1. The number of ether oxygens (including phenoxy) is 4. The van der Waals surface area contributed by atoms with E-state index in [-0.39, 0.29) is 32.2 Å². The molecule has 0 amide bonds. The van der Waals surface area contributed by atoms with Crippen LogP contribution < -0.4 is 0 Å². The van der Waals surface area contributed by atoms with Crippen LogP contribution in [0, 0.1) is 0 Å². The summed E-state index contributed by atoms with van der Waals surface area (Å²) in [5.41, 5.74) is 0. The average molecular weight is 1270 g/mol. The van der Waals surface area contributed by atoms with Gasteiger partial charge < -0.3 is 28.5 Å². The highest BCUT2D eigenvalue weighted by Crippen LogP contribution is 2.18. The van der Waals surface area contributed by atoms with E-state index in [0.717, 1.165) is 96.3 Å². The summed E-state index contributed by atoms with van der Waals surface area (Å²) >= 11 is 0. The number of rotatable bonds is 70. The molecule has 0 aliphatic heterocycles. The SMILES string of the molecule is CC/C=C\C/C=C\C/C=C\C/C=C\C/C=C\C/C=C\CCCCCCCCCCCCC(=O)OC(COC(=O)CCCCCCCCCCCCCCCCCCCCCCCC/C=C\C/C=C\C/C=C\CCCCCCC)COC(OCC[N+](C)(C)C)C(=O)O. The predicted molar refractivity (Wildman–Crippen MR) is 392 cm³/mol. The second-order valence-corrected chi connectivity index (χ2v) is 26.6. The summed E-state index contributed by atoms with van der Waals surface area (Å²) in [5, 5.41) is 9.76. The molecule has 0 saturated heterocycles. The van der Waals surface area contributed by atoms with Crippen molar-refractivity contribution in [3.63, 3.8) is 0 Å². The van der Waals surface area contributed by atoms with Crippen molar-refractivity contribution in [2.24, 2.45) is 0 Å². The Morgan fingerprint density at radius 2 is 0.626 bits per heavy atom. The predicted octanol–water partition coefficient (Wildman–Crippen LogP) is 24.1. The molecule has 2 unspecified atom stereocenters. The zero-order valence-electron chi connectivity index (χ0n) is 60.0.